The van der Waals surface area contributed by atoms with E-state index in [0.29, 0.717) is 18.2 Å². The number of rotatable bonds is 3. The van der Waals surface area contributed by atoms with Crippen molar-refractivity contribution in [1.29, 1.82) is 0 Å². The Morgan fingerprint density at radius 2 is 1.76 bits per heavy atom. The number of fused-ring (bicyclic) bond motifs is 1. The maximum absolute atomic E-state index is 13.5. The summed E-state index contributed by atoms with van der Waals surface area (Å²) >= 11 is 0. The fourth-order valence-electron chi connectivity index (χ4n) is 2.28. The number of nitrogens with one attached hydrogen (secondary N) is 1. The van der Waals surface area contributed by atoms with Gasteiger partial charge < -0.3 is 10.1 Å². The second kappa shape index (κ2) is 5.27. The Balaban J connectivity index is 1.66. The predicted molar refractivity (Wildman–Crippen MR) is 69.3 cm³/mol. The fraction of sp³-hybridized carbons (Fsp3) is 0.200. The van der Waals surface area contributed by atoms with Crippen molar-refractivity contribution in [3.63, 3.8) is 0 Å². The molecule has 0 saturated heterocycles. The van der Waals surface area contributed by atoms with Crippen molar-refractivity contribution < 1.29 is 22.3 Å². The Morgan fingerprint density at radius 3 is 2.57 bits per heavy atom. The highest BCUT2D eigenvalue weighted by Crippen LogP contribution is 2.29. The first-order chi connectivity index (χ1) is 10.0. The van der Waals surface area contributed by atoms with Crippen LogP contribution in [0.25, 0.3) is 0 Å². The minimum atomic E-state index is -1.24. The lowest BCUT2D eigenvalue weighted by Crippen LogP contribution is -2.24. The van der Waals surface area contributed by atoms with E-state index in [0.717, 1.165) is 11.6 Å². The molecule has 110 valence electrons. The smallest absolute Gasteiger partial charge is 0.161 e. The maximum atomic E-state index is 13.5. The van der Waals surface area contributed by atoms with Gasteiger partial charge in [0.25, 0.3) is 0 Å². The van der Waals surface area contributed by atoms with Crippen LogP contribution in [0.3, 0.4) is 0 Å². The van der Waals surface area contributed by atoms with Crippen LogP contribution < -0.4 is 10.1 Å². The molecule has 2 aromatic carbocycles. The number of hydrogen-bond acceptors (Lipinski definition) is 2. The average Bonchev–Trinajstić information content (AvgIpc) is 2.83. The van der Waals surface area contributed by atoms with Crippen molar-refractivity contribution in [2.24, 2.45) is 0 Å². The second-order valence-corrected chi connectivity index (χ2v) is 4.82. The Labute approximate surface area is 118 Å². The number of ether oxygens (including phenoxy) is 1. The van der Waals surface area contributed by atoms with Crippen molar-refractivity contribution in [2.45, 2.75) is 12.5 Å². The molecule has 2 aromatic rings. The second-order valence-electron chi connectivity index (χ2n) is 4.82. The third-order valence-electron chi connectivity index (χ3n) is 3.29. The molecule has 1 aliphatic rings. The quantitative estimate of drug-likeness (QED) is 0.689. The highest BCUT2D eigenvalue weighted by molar-refractivity contribution is 5.46. The number of anilines is 1. The van der Waals surface area contributed by atoms with E-state index in [2.05, 4.69) is 5.32 Å². The summed E-state index contributed by atoms with van der Waals surface area (Å²) < 4.78 is 58.0. The molecule has 0 bridgehead atoms. The van der Waals surface area contributed by atoms with E-state index in [1.165, 1.54) is 18.2 Å². The van der Waals surface area contributed by atoms with Crippen LogP contribution in [0.15, 0.2) is 30.3 Å². The summed E-state index contributed by atoms with van der Waals surface area (Å²) in [5.41, 5.74) is 0.590. The molecule has 0 aromatic heterocycles. The topological polar surface area (TPSA) is 21.3 Å². The lowest BCUT2D eigenvalue weighted by molar-refractivity contribution is 0.246. The van der Waals surface area contributed by atoms with Crippen LogP contribution in [0.2, 0.25) is 0 Å². The molecule has 2 nitrogen and oxygen atoms in total. The highest BCUT2D eigenvalue weighted by atomic mass is 19.2. The van der Waals surface area contributed by atoms with E-state index in [4.69, 9.17) is 4.74 Å². The van der Waals surface area contributed by atoms with E-state index in [-0.39, 0.29) is 24.2 Å². The average molecular weight is 297 g/mol. The van der Waals surface area contributed by atoms with Crippen molar-refractivity contribution in [3.05, 3.63) is 59.2 Å². The number of halogens is 4. The van der Waals surface area contributed by atoms with Gasteiger partial charge in [-0.2, -0.15) is 0 Å². The van der Waals surface area contributed by atoms with E-state index in [1.54, 1.807) is 0 Å². The molecule has 0 saturated carbocycles. The number of benzene rings is 2. The van der Waals surface area contributed by atoms with Crippen molar-refractivity contribution >= 4 is 5.69 Å². The van der Waals surface area contributed by atoms with Crippen molar-refractivity contribution in [1.82, 2.24) is 0 Å². The molecule has 6 heteroatoms. The first-order valence-electron chi connectivity index (χ1n) is 6.36. The van der Waals surface area contributed by atoms with Gasteiger partial charge in [0.15, 0.2) is 11.6 Å². The minimum Gasteiger partial charge on any atom is -0.488 e. The van der Waals surface area contributed by atoms with Gasteiger partial charge in [0.1, 0.15) is 23.5 Å². The molecule has 0 radical (unpaired) electrons. The molecule has 1 aliphatic heterocycles. The summed E-state index contributed by atoms with van der Waals surface area (Å²) in [5.74, 6) is -3.02. The van der Waals surface area contributed by atoms with Gasteiger partial charge in [0.05, 0.1) is 12.2 Å². The molecule has 1 heterocycles. The van der Waals surface area contributed by atoms with E-state index >= 15 is 0 Å². The van der Waals surface area contributed by atoms with E-state index in [1.807, 2.05) is 0 Å². The van der Waals surface area contributed by atoms with Crippen LogP contribution in [0.1, 0.15) is 5.56 Å². The first kappa shape index (κ1) is 13.7. The van der Waals surface area contributed by atoms with Crippen LogP contribution in [-0.2, 0) is 6.42 Å². The van der Waals surface area contributed by atoms with Crippen molar-refractivity contribution in [3.8, 4) is 5.75 Å². The molecular weight excluding hydrogens is 286 g/mol. The first-order valence-corrected chi connectivity index (χ1v) is 6.36. The summed E-state index contributed by atoms with van der Waals surface area (Å²) in [6, 6.07) is 5.45. The van der Waals surface area contributed by atoms with E-state index < -0.39 is 17.5 Å². The standard InChI is InChI=1S/C15H11F4NO/c16-9-1-2-15-8(3-9)4-10(21-15)7-20-14-6-12(18)11(17)5-13(14)19/h1-3,5-6,10,20H,4,7H2. The SMILES string of the molecule is Fc1ccc2c(c1)CC(CNc1cc(F)c(F)cc1F)O2. The molecule has 0 aliphatic carbocycles. The zero-order valence-electron chi connectivity index (χ0n) is 10.8. The van der Waals surface area contributed by atoms with Gasteiger partial charge in [-0.05, 0) is 18.2 Å². The molecule has 0 spiro atoms. The number of hydrogen-bond donors (Lipinski definition) is 1. The summed E-state index contributed by atoms with van der Waals surface area (Å²) in [6.07, 6.45) is 0.139. The van der Waals surface area contributed by atoms with Gasteiger partial charge in [0.2, 0.25) is 0 Å². The lowest BCUT2D eigenvalue weighted by atomic mass is 10.1. The minimum absolute atomic E-state index is 0.139. The summed E-state index contributed by atoms with van der Waals surface area (Å²) in [7, 11) is 0. The summed E-state index contributed by atoms with van der Waals surface area (Å²) in [6.45, 7) is 0.193. The molecule has 0 fully saturated rings. The molecule has 1 unspecified atom stereocenters. The third-order valence-corrected chi connectivity index (χ3v) is 3.29. The van der Waals surface area contributed by atoms with Crippen LogP contribution in [-0.4, -0.2) is 12.6 Å². The van der Waals surface area contributed by atoms with Crippen LogP contribution in [0, 0.1) is 23.3 Å². The monoisotopic (exact) mass is 297 g/mol. The summed E-state index contributed by atoms with van der Waals surface area (Å²) in [4.78, 5) is 0. The van der Waals surface area contributed by atoms with Crippen LogP contribution >= 0.6 is 0 Å². The normalized spacial score (nSPS) is 16.5. The molecule has 1 atom stereocenters. The van der Waals surface area contributed by atoms with Gasteiger partial charge in [-0.25, -0.2) is 17.6 Å². The third kappa shape index (κ3) is 2.79. The maximum Gasteiger partial charge on any atom is 0.161 e. The van der Waals surface area contributed by atoms with Gasteiger partial charge >= 0.3 is 0 Å². The van der Waals surface area contributed by atoms with Crippen LogP contribution in [0.4, 0.5) is 23.2 Å². The largest absolute Gasteiger partial charge is 0.488 e. The molecule has 21 heavy (non-hydrogen) atoms. The summed E-state index contributed by atoms with van der Waals surface area (Å²) in [5, 5.41) is 2.67. The van der Waals surface area contributed by atoms with Gasteiger partial charge in [-0.15, -0.1) is 0 Å². The Hall–Kier alpha value is -2.24. The predicted octanol–water partition coefficient (Wildman–Crippen LogP) is 3.66. The lowest BCUT2D eigenvalue weighted by Gasteiger charge is -2.13. The Morgan fingerprint density at radius 1 is 1.00 bits per heavy atom. The highest BCUT2D eigenvalue weighted by Gasteiger charge is 2.23. The fourth-order valence-corrected chi connectivity index (χ4v) is 2.28. The van der Waals surface area contributed by atoms with E-state index in [9.17, 15) is 17.6 Å². The van der Waals surface area contributed by atoms with Crippen molar-refractivity contribution in [2.75, 3.05) is 11.9 Å². The molecule has 3 rings (SSSR count). The Bertz CT molecular complexity index is 690. The molecular formula is C15H11F4NO. The zero-order chi connectivity index (χ0) is 15.0. The van der Waals surface area contributed by atoms with Gasteiger partial charge in [0, 0.05) is 24.1 Å². The zero-order valence-corrected chi connectivity index (χ0v) is 10.8. The molecule has 0 amide bonds. The van der Waals surface area contributed by atoms with Gasteiger partial charge in [-0.1, -0.05) is 0 Å². The Kier molecular flexibility index (Phi) is 3.45. The van der Waals surface area contributed by atoms with Gasteiger partial charge in [-0.3, -0.25) is 0 Å². The molecule has 1 N–H and O–H groups in total. The van der Waals surface area contributed by atoms with Crippen LogP contribution in [0.5, 0.6) is 5.75 Å².